The molecule has 1 unspecified atom stereocenters. The number of aryl methyl sites for hydroxylation is 1. The van der Waals surface area contributed by atoms with Crippen molar-refractivity contribution < 1.29 is 28.2 Å². The number of esters is 2. The van der Waals surface area contributed by atoms with Crippen LogP contribution < -0.4 is 0 Å². The topological polar surface area (TPSA) is 85.5 Å². The molecule has 0 saturated carbocycles. The summed E-state index contributed by atoms with van der Waals surface area (Å²) in [6.45, 7) is 4.62. The smallest absolute Gasteiger partial charge is 0.340 e. The van der Waals surface area contributed by atoms with Crippen molar-refractivity contribution in [2.75, 3.05) is 7.11 Å². The summed E-state index contributed by atoms with van der Waals surface area (Å²) in [6, 6.07) is 3.22. The number of hydrogen-bond donors (Lipinski definition) is 1. The van der Waals surface area contributed by atoms with Gasteiger partial charge in [0, 0.05) is 5.69 Å². The molecule has 1 aromatic heterocycles. The van der Waals surface area contributed by atoms with Gasteiger partial charge in [0.2, 0.25) is 5.78 Å². The molecule has 6 nitrogen and oxygen atoms in total. The second-order valence-electron chi connectivity index (χ2n) is 5.65. The van der Waals surface area contributed by atoms with E-state index in [2.05, 4.69) is 4.98 Å². The quantitative estimate of drug-likeness (QED) is 0.631. The molecule has 0 aliphatic carbocycles. The Morgan fingerprint density at radius 1 is 1.19 bits per heavy atom. The zero-order valence-corrected chi connectivity index (χ0v) is 15.4. The number of aromatic nitrogens is 1. The Kier molecular flexibility index (Phi) is 5.82. The van der Waals surface area contributed by atoms with E-state index in [0.29, 0.717) is 11.3 Å². The summed E-state index contributed by atoms with van der Waals surface area (Å²) in [5.74, 6) is -2.54. The summed E-state index contributed by atoms with van der Waals surface area (Å²) in [5, 5.41) is -0.116. The summed E-state index contributed by atoms with van der Waals surface area (Å²) < 4.78 is 22.9. The van der Waals surface area contributed by atoms with Crippen LogP contribution in [-0.4, -0.2) is 35.9 Å². The fraction of sp³-hybridized carbons (Fsp3) is 0.278. The van der Waals surface area contributed by atoms with Crippen LogP contribution in [0.1, 0.15) is 49.4 Å². The molecule has 0 amide bonds. The van der Waals surface area contributed by atoms with Crippen LogP contribution in [-0.2, 0) is 9.47 Å². The molecule has 1 aromatic carbocycles. The first-order valence-electron chi connectivity index (χ1n) is 7.65. The van der Waals surface area contributed by atoms with Gasteiger partial charge in [-0.05, 0) is 44.5 Å². The monoisotopic (exact) mass is 381 g/mol. The lowest BCUT2D eigenvalue weighted by atomic mass is 10.1. The van der Waals surface area contributed by atoms with Crippen molar-refractivity contribution in [3.63, 3.8) is 0 Å². The van der Waals surface area contributed by atoms with Crippen LogP contribution >= 0.6 is 11.6 Å². The molecule has 0 aliphatic rings. The number of Topliss-reactive ketones (excluding diaryl/α,β-unsaturated/α-hetero) is 1. The van der Waals surface area contributed by atoms with E-state index in [0.717, 1.165) is 12.1 Å². The molecule has 0 spiro atoms. The summed E-state index contributed by atoms with van der Waals surface area (Å²) in [5.41, 5.74) is 1.23. The molecule has 1 heterocycles. The van der Waals surface area contributed by atoms with Gasteiger partial charge < -0.3 is 14.5 Å². The summed E-state index contributed by atoms with van der Waals surface area (Å²) in [4.78, 5) is 39.4. The fourth-order valence-corrected chi connectivity index (χ4v) is 2.78. The SMILES string of the molecule is COC(=O)c1c(C)[nH]c(C(=O)C(C)OC(=O)c2ccc(F)cc2Cl)c1C. The minimum atomic E-state index is -1.15. The molecular weight excluding hydrogens is 365 g/mol. The van der Waals surface area contributed by atoms with E-state index in [9.17, 15) is 18.8 Å². The van der Waals surface area contributed by atoms with Gasteiger partial charge in [0.05, 0.1) is 29.0 Å². The Balaban J connectivity index is 2.22. The van der Waals surface area contributed by atoms with E-state index in [4.69, 9.17) is 21.1 Å². The van der Waals surface area contributed by atoms with E-state index >= 15 is 0 Å². The number of nitrogens with one attached hydrogen (secondary N) is 1. The van der Waals surface area contributed by atoms with Crippen LogP contribution in [0, 0.1) is 19.7 Å². The summed E-state index contributed by atoms with van der Waals surface area (Å²) in [6.07, 6.45) is -1.15. The van der Waals surface area contributed by atoms with E-state index < -0.39 is 29.6 Å². The number of hydrogen-bond acceptors (Lipinski definition) is 5. The largest absolute Gasteiger partial charge is 0.465 e. The minimum absolute atomic E-state index is 0.0534. The number of aromatic amines is 1. The molecule has 138 valence electrons. The predicted octanol–water partition coefficient (Wildman–Crippen LogP) is 3.64. The average molecular weight is 382 g/mol. The number of ketones is 1. The van der Waals surface area contributed by atoms with E-state index in [1.807, 2.05) is 0 Å². The highest BCUT2D eigenvalue weighted by Gasteiger charge is 2.28. The van der Waals surface area contributed by atoms with Crippen molar-refractivity contribution in [2.24, 2.45) is 0 Å². The van der Waals surface area contributed by atoms with Gasteiger partial charge in [-0.3, -0.25) is 4.79 Å². The second-order valence-corrected chi connectivity index (χ2v) is 6.06. The van der Waals surface area contributed by atoms with Gasteiger partial charge in [0.15, 0.2) is 6.10 Å². The first-order chi connectivity index (χ1) is 12.2. The Morgan fingerprint density at radius 2 is 1.85 bits per heavy atom. The number of halogens is 2. The summed E-state index contributed by atoms with van der Waals surface area (Å²) >= 11 is 5.82. The van der Waals surface area contributed by atoms with Crippen LogP contribution in [0.25, 0.3) is 0 Å². The van der Waals surface area contributed by atoms with E-state index in [-0.39, 0.29) is 21.8 Å². The van der Waals surface area contributed by atoms with Gasteiger partial charge in [0.25, 0.3) is 0 Å². The third-order valence-corrected chi connectivity index (χ3v) is 4.19. The molecule has 26 heavy (non-hydrogen) atoms. The molecule has 1 atom stereocenters. The average Bonchev–Trinajstić information content (AvgIpc) is 2.87. The van der Waals surface area contributed by atoms with Gasteiger partial charge >= 0.3 is 11.9 Å². The minimum Gasteiger partial charge on any atom is -0.465 e. The highest BCUT2D eigenvalue weighted by Crippen LogP contribution is 2.22. The van der Waals surface area contributed by atoms with Gasteiger partial charge in [-0.1, -0.05) is 11.6 Å². The van der Waals surface area contributed by atoms with Crippen molar-refractivity contribution >= 4 is 29.3 Å². The molecule has 0 saturated heterocycles. The number of ether oxygens (including phenoxy) is 2. The molecule has 1 N–H and O–H groups in total. The first kappa shape index (κ1) is 19.7. The highest BCUT2D eigenvalue weighted by molar-refractivity contribution is 6.33. The summed E-state index contributed by atoms with van der Waals surface area (Å²) in [7, 11) is 1.24. The number of H-pyrrole nitrogens is 1. The number of carbonyl (C=O) groups excluding carboxylic acids is 3. The Morgan fingerprint density at radius 3 is 2.42 bits per heavy atom. The Hall–Kier alpha value is -2.67. The number of carbonyl (C=O) groups is 3. The zero-order chi connectivity index (χ0) is 19.6. The van der Waals surface area contributed by atoms with E-state index in [1.54, 1.807) is 13.8 Å². The lowest BCUT2D eigenvalue weighted by Gasteiger charge is -2.13. The molecule has 0 radical (unpaired) electrons. The third-order valence-electron chi connectivity index (χ3n) is 3.88. The lowest BCUT2D eigenvalue weighted by Crippen LogP contribution is -2.25. The van der Waals surface area contributed by atoms with Crippen molar-refractivity contribution in [1.29, 1.82) is 0 Å². The Bertz CT molecular complexity index is 890. The van der Waals surface area contributed by atoms with Gasteiger partial charge in [-0.2, -0.15) is 0 Å². The molecule has 8 heteroatoms. The number of methoxy groups -OCH3 is 1. The van der Waals surface area contributed by atoms with Crippen LogP contribution in [0.15, 0.2) is 18.2 Å². The fourth-order valence-electron chi connectivity index (χ4n) is 2.54. The first-order valence-corrected chi connectivity index (χ1v) is 8.02. The molecular formula is C18H17ClFNO5. The van der Waals surface area contributed by atoms with Crippen molar-refractivity contribution in [2.45, 2.75) is 26.9 Å². The zero-order valence-electron chi connectivity index (χ0n) is 14.6. The van der Waals surface area contributed by atoms with Crippen LogP contribution in [0.5, 0.6) is 0 Å². The van der Waals surface area contributed by atoms with Gasteiger partial charge in [-0.25, -0.2) is 14.0 Å². The van der Waals surface area contributed by atoms with Crippen molar-refractivity contribution in [3.05, 3.63) is 57.1 Å². The second kappa shape index (κ2) is 7.70. The Labute approximate surface area is 154 Å². The standard InChI is InChI=1S/C18H17ClFNO5/c1-8-14(18(24)25-4)9(2)21-15(8)16(22)10(3)26-17(23)12-6-5-11(20)7-13(12)19/h5-7,10,21H,1-4H3. The number of benzene rings is 1. The highest BCUT2D eigenvalue weighted by atomic mass is 35.5. The van der Waals surface area contributed by atoms with Crippen LogP contribution in [0.3, 0.4) is 0 Å². The maximum Gasteiger partial charge on any atom is 0.340 e. The normalized spacial score (nSPS) is 11.8. The molecule has 0 aliphatic heterocycles. The predicted molar refractivity (Wildman–Crippen MR) is 92.2 cm³/mol. The van der Waals surface area contributed by atoms with Crippen LogP contribution in [0.2, 0.25) is 5.02 Å². The maximum atomic E-state index is 13.1. The molecule has 0 fully saturated rings. The number of rotatable bonds is 5. The molecule has 0 bridgehead atoms. The third kappa shape index (κ3) is 3.77. The van der Waals surface area contributed by atoms with Crippen LogP contribution in [0.4, 0.5) is 4.39 Å². The van der Waals surface area contributed by atoms with Gasteiger partial charge in [-0.15, -0.1) is 0 Å². The van der Waals surface area contributed by atoms with Crippen molar-refractivity contribution in [3.8, 4) is 0 Å². The lowest BCUT2D eigenvalue weighted by molar-refractivity contribution is 0.0317. The van der Waals surface area contributed by atoms with Crippen molar-refractivity contribution in [1.82, 2.24) is 4.98 Å². The maximum absolute atomic E-state index is 13.1. The molecule has 2 rings (SSSR count). The molecule has 2 aromatic rings. The van der Waals surface area contributed by atoms with Gasteiger partial charge in [0.1, 0.15) is 5.82 Å². The van der Waals surface area contributed by atoms with E-state index in [1.165, 1.54) is 20.1 Å².